The number of nitrogens with one attached hydrogen (secondary N) is 2. The van der Waals surface area contributed by atoms with Crippen molar-refractivity contribution in [2.45, 2.75) is 6.92 Å². The van der Waals surface area contributed by atoms with Crippen LogP contribution in [-0.4, -0.2) is 36.8 Å². The summed E-state index contributed by atoms with van der Waals surface area (Å²) >= 11 is 0. The van der Waals surface area contributed by atoms with Gasteiger partial charge in [-0.3, -0.25) is 0 Å². The Kier molecular flexibility index (Phi) is 5.63. The Hall–Kier alpha value is -2.50. The molecule has 0 aliphatic carbocycles. The molecule has 6 nitrogen and oxygen atoms in total. The van der Waals surface area contributed by atoms with Gasteiger partial charge in [-0.15, -0.1) is 0 Å². The van der Waals surface area contributed by atoms with Gasteiger partial charge in [-0.1, -0.05) is 18.2 Å². The summed E-state index contributed by atoms with van der Waals surface area (Å²) < 4.78 is 11.0. The largest absolute Gasteiger partial charge is 0.492 e. The van der Waals surface area contributed by atoms with Crippen LogP contribution in [0.3, 0.4) is 0 Å². The molecule has 0 saturated carbocycles. The molecule has 1 aromatic heterocycles. The van der Waals surface area contributed by atoms with Crippen molar-refractivity contribution < 1.29 is 9.47 Å². The molecule has 2 rings (SSSR count). The fraction of sp³-hybridized carbons (Fsp3) is 0.333. The van der Waals surface area contributed by atoms with Gasteiger partial charge in [0, 0.05) is 6.54 Å². The zero-order valence-electron chi connectivity index (χ0n) is 12.3. The second-order valence-corrected chi connectivity index (χ2v) is 4.22. The van der Waals surface area contributed by atoms with Gasteiger partial charge in [0.25, 0.3) is 0 Å². The van der Waals surface area contributed by atoms with Crippen LogP contribution in [0.1, 0.15) is 6.92 Å². The van der Waals surface area contributed by atoms with Crippen LogP contribution in [0.15, 0.2) is 36.7 Å². The molecule has 2 N–H and O–H groups in total. The molecule has 0 unspecified atom stereocenters. The lowest BCUT2D eigenvalue weighted by Gasteiger charge is -2.13. The number of aromatic nitrogens is 2. The molecule has 0 radical (unpaired) electrons. The van der Waals surface area contributed by atoms with E-state index < -0.39 is 0 Å². The van der Waals surface area contributed by atoms with Gasteiger partial charge in [-0.2, -0.15) is 0 Å². The first-order chi connectivity index (χ1) is 10.3. The summed E-state index contributed by atoms with van der Waals surface area (Å²) in [6.07, 6.45) is 1.50. The van der Waals surface area contributed by atoms with Crippen LogP contribution in [0.25, 0.3) is 0 Å². The number of methoxy groups -OCH3 is 1. The molecule has 0 atom stereocenters. The topological polar surface area (TPSA) is 68.3 Å². The summed E-state index contributed by atoms with van der Waals surface area (Å²) in [7, 11) is 1.60. The molecule has 1 heterocycles. The number of nitrogens with zero attached hydrogens (tertiary/aromatic N) is 2. The maximum Gasteiger partial charge on any atom is 0.204 e. The van der Waals surface area contributed by atoms with E-state index in [1.54, 1.807) is 7.11 Å². The summed E-state index contributed by atoms with van der Waals surface area (Å²) in [6, 6.07) is 9.69. The first-order valence-electron chi connectivity index (χ1n) is 6.89. The van der Waals surface area contributed by atoms with E-state index in [4.69, 9.17) is 9.47 Å². The van der Waals surface area contributed by atoms with Gasteiger partial charge in [0.15, 0.2) is 11.6 Å². The Morgan fingerprint density at radius 2 is 1.76 bits per heavy atom. The van der Waals surface area contributed by atoms with Crippen molar-refractivity contribution in [1.82, 2.24) is 9.97 Å². The summed E-state index contributed by atoms with van der Waals surface area (Å²) in [5, 5.41) is 6.33. The highest BCUT2D eigenvalue weighted by Crippen LogP contribution is 2.28. The van der Waals surface area contributed by atoms with Crippen LogP contribution in [-0.2, 0) is 0 Å². The van der Waals surface area contributed by atoms with Gasteiger partial charge in [-0.25, -0.2) is 9.97 Å². The molecule has 0 saturated heterocycles. The molecule has 112 valence electrons. The number of benzene rings is 1. The van der Waals surface area contributed by atoms with E-state index in [-0.39, 0.29) is 0 Å². The molecule has 21 heavy (non-hydrogen) atoms. The minimum absolute atomic E-state index is 0.535. The predicted octanol–water partition coefficient (Wildman–Crippen LogP) is 2.41. The molecular weight excluding hydrogens is 268 g/mol. The lowest BCUT2D eigenvalue weighted by molar-refractivity contribution is 0.332. The van der Waals surface area contributed by atoms with Gasteiger partial charge in [0.2, 0.25) is 5.75 Å². The molecule has 0 bridgehead atoms. The van der Waals surface area contributed by atoms with Crippen molar-refractivity contribution in [3.63, 3.8) is 0 Å². The fourth-order valence-electron chi connectivity index (χ4n) is 1.84. The predicted molar refractivity (Wildman–Crippen MR) is 83.2 cm³/mol. The van der Waals surface area contributed by atoms with E-state index >= 15 is 0 Å². The smallest absolute Gasteiger partial charge is 0.204 e. The SMILES string of the molecule is CCNc1ncnc(NCCOc2ccccc2)c1OC. The summed E-state index contributed by atoms with van der Waals surface area (Å²) in [5.74, 6) is 2.79. The number of ether oxygens (including phenoxy) is 2. The lowest BCUT2D eigenvalue weighted by Crippen LogP contribution is -2.14. The molecule has 1 aromatic carbocycles. The maximum absolute atomic E-state index is 5.62. The molecule has 0 fully saturated rings. The van der Waals surface area contributed by atoms with Crippen LogP contribution in [0, 0.1) is 0 Å². The highest BCUT2D eigenvalue weighted by Gasteiger charge is 2.10. The van der Waals surface area contributed by atoms with Gasteiger partial charge >= 0.3 is 0 Å². The first kappa shape index (κ1) is 14.9. The van der Waals surface area contributed by atoms with Crippen LogP contribution >= 0.6 is 0 Å². The highest BCUT2D eigenvalue weighted by molar-refractivity contribution is 5.63. The Morgan fingerprint density at radius 1 is 1.05 bits per heavy atom. The Bertz CT molecular complexity index is 549. The summed E-state index contributed by atoms with van der Waals surface area (Å²) in [4.78, 5) is 8.35. The lowest BCUT2D eigenvalue weighted by atomic mass is 10.3. The van der Waals surface area contributed by atoms with Gasteiger partial charge in [0.05, 0.1) is 13.7 Å². The molecule has 6 heteroatoms. The third-order valence-corrected chi connectivity index (χ3v) is 2.76. The normalized spacial score (nSPS) is 10.0. The van der Waals surface area contributed by atoms with E-state index in [0.29, 0.717) is 30.5 Å². The molecular formula is C15H20N4O2. The van der Waals surface area contributed by atoms with Crippen molar-refractivity contribution in [3.8, 4) is 11.5 Å². The fourth-order valence-corrected chi connectivity index (χ4v) is 1.84. The highest BCUT2D eigenvalue weighted by atomic mass is 16.5. The summed E-state index contributed by atoms with van der Waals surface area (Å²) in [6.45, 7) is 3.92. The van der Waals surface area contributed by atoms with E-state index in [2.05, 4.69) is 20.6 Å². The molecule has 0 aliphatic heterocycles. The average Bonchev–Trinajstić information content (AvgIpc) is 2.53. The number of hydrogen-bond acceptors (Lipinski definition) is 6. The van der Waals surface area contributed by atoms with Gasteiger partial charge < -0.3 is 20.1 Å². The zero-order valence-corrected chi connectivity index (χ0v) is 12.3. The number of anilines is 2. The van der Waals surface area contributed by atoms with E-state index in [0.717, 1.165) is 12.3 Å². The van der Waals surface area contributed by atoms with E-state index in [1.165, 1.54) is 6.33 Å². The van der Waals surface area contributed by atoms with E-state index in [1.807, 2.05) is 37.3 Å². The van der Waals surface area contributed by atoms with Crippen LogP contribution in [0.2, 0.25) is 0 Å². The van der Waals surface area contributed by atoms with Crippen molar-refractivity contribution in [2.75, 3.05) is 37.4 Å². The Labute approximate surface area is 124 Å². The number of rotatable bonds is 8. The quantitative estimate of drug-likeness (QED) is 0.727. The zero-order chi connectivity index (χ0) is 14.9. The third kappa shape index (κ3) is 4.24. The van der Waals surface area contributed by atoms with Crippen LogP contribution in [0.5, 0.6) is 11.5 Å². The Balaban J connectivity index is 1.89. The number of para-hydroxylation sites is 1. The van der Waals surface area contributed by atoms with Crippen molar-refractivity contribution in [3.05, 3.63) is 36.7 Å². The first-order valence-corrected chi connectivity index (χ1v) is 6.89. The molecule has 0 amide bonds. The maximum atomic E-state index is 5.62. The van der Waals surface area contributed by atoms with Crippen molar-refractivity contribution in [2.24, 2.45) is 0 Å². The average molecular weight is 288 g/mol. The van der Waals surface area contributed by atoms with Crippen LogP contribution < -0.4 is 20.1 Å². The monoisotopic (exact) mass is 288 g/mol. The summed E-state index contributed by atoms with van der Waals surface area (Å²) in [5.41, 5.74) is 0. The minimum Gasteiger partial charge on any atom is -0.492 e. The molecule has 0 aliphatic rings. The van der Waals surface area contributed by atoms with Crippen LogP contribution in [0.4, 0.5) is 11.6 Å². The van der Waals surface area contributed by atoms with Crippen molar-refractivity contribution >= 4 is 11.6 Å². The third-order valence-electron chi connectivity index (χ3n) is 2.76. The second kappa shape index (κ2) is 7.94. The Morgan fingerprint density at radius 3 is 2.43 bits per heavy atom. The van der Waals surface area contributed by atoms with Crippen molar-refractivity contribution in [1.29, 1.82) is 0 Å². The standard InChI is InChI=1S/C15H20N4O2/c1-3-16-14-13(20-2)15(19-11-18-14)17-9-10-21-12-7-5-4-6-8-12/h4-8,11H,3,9-10H2,1-2H3,(H2,16,17,18,19). The minimum atomic E-state index is 0.535. The van der Waals surface area contributed by atoms with Gasteiger partial charge in [-0.05, 0) is 19.1 Å². The molecule has 0 spiro atoms. The number of hydrogen-bond donors (Lipinski definition) is 2. The van der Waals surface area contributed by atoms with Gasteiger partial charge in [0.1, 0.15) is 18.7 Å². The molecule has 2 aromatic rings. The van der Waals surface area contributed by atoms with E-state index in [9.17, 15) is 0 Å². The second-order valence-electron chi connectivity index (χ2n) is 4.22.